The van der Waals surface area contributed by atoms with Crippen molar-refractivity contribution in [3.8, 4) is 0 Å². The lowest BCUT2D eigenvalue weighted by Gasteiger charge is -2.34. The van der Waals surface area contributed by atoms with Gasteiger partial charge >= 0.3 is 0 Å². The highest BCUT2D eigenvalue weighted by molar-refractivity contribution is 7.10. The number of hydrogen-bond acceptors (Lipinski definition) is 5. The van der Waals surface area contributed by atoms with Crippen LogP contribution in [0.4, 0.5) is 4.39 Å². The number of piperidine rings is 1. The lowest BCUT2D eigenvalue weighted by atomic mass is 9.90. The van der Waals surface area contributed by atoms with Gasteiger partial charge < -0.3 is 19.7 Å². The van der Waals surface area contributed by atoms with E-state index in [1.54, 1.807) is 22.3 Å². The largest absolute Gasteiger partial charge is 0.387 e. The van der Waals surface area contributed by atoms with Gasteiger partial charge in [0.05, 0.1) is 17.1 Å². The number of rotatable bonds is 6. The maximum Gasteiger partial charge on any atom is 0.248 e. The summed E-state index contributed by atoms with van der Waals surface area (Å²) in [6, 6.07) is 8.23. The summed E-state index contributed by atoms with van der Waals surface area (Å²) in [5.74, 6) is 0.350. The first-order valence-electron chi connectivity index (χ1n) is 9.31. The predicted molar refractivity (Wildman–Crippen MR) is 104 cm³/mol. The molecule has 0 bridgehead atoms. The van der Waals surface area contributed by atoms with E-state index in [-0.39, 0.29) is 30.9 Å². The molecule has 1 unspecified atom stereocenters. The van der Waals surface area contributed by atoms with E-state index >= 15 is 0 Å². The minimum atomic E-state index is -0.452. The molecule has 0 saturated carbocycles. The first-order valence-corrected chi connectivity index (χ1v) is 10.2. The third-order valence-electron chi connectivity index (χ3n) is 5.13. The van der Waals surface area contributed by atoms with Crippen LogP contribution in [0.5, 0.6) is 0 Å². The van der Waals surface area contributed by atoms with Crippen LogP contribution < -0.4 is 0 Å². The number of carbonyl (C=O) groups excluding carboxylic acids is 1. The Morgan fingerprint density at radius 1 is 1.39 bits per heavy atom. The van der Waals surface area contributed by atoms with Crippen molar-refractivity contribution in [1.29, 1.82) is 0 Å². The molecule has 0 radical (unpaired) electrons. The number of fused-ring (bicyclic) bond motifs is 1. The molecule has 8 heteroatoms. The maximum atomic E-state index is 13.2. The fourth-order valence-electron chi connectivity index (χ4n) is 3.59. The zero-order valence-corrected chi connectivity index (χ0v) is 16.1. The summed E-state index contributed by atoms with van der Waals surface area (Å²) in [6.45, 7) is 1.39. The molecule has 1 atom stereocenters. The molecule has 1 aromatic carbocycles. The number of halogens is 1. The SMILES string of the molecule is O=C(COCc1nc2ccc(F)cc2[nH]1)N1CCC(C(O)c2cccs2)CC1. The normalized spacial score (nSPS) is 16.6. The molecule has 4 rings (SSSR count). The lowest BCUT2D eigenvalue weighted by molar-refractivity contribution is -0.138. The average Bonchev–Trinajstić information content (AvgIpc) is 3.37. The topological polar surface area (TPSA) is 78.5 Å². The molecule has 1 aliphatic heterocycles. The first-order chi connectivity index (χ1) is 13.6. The van der Waals surface area contributed by atoms with Crippen molar-refractivity contribution < 1.29 is 19.0 Å². The Labute approximate surface area is 166 Å². The van der Waals surface area contributed by atoms with Gasteiger partial charge in [0.1, 0.15) is 24.9 Å². The Morgan fingerprint density at radius 2 is 2.21 bits per heavy atom. The van der Waals surface area contributed by atoms with Crippen molar-refractivity contribution in [1.82, 2.24) is 14.9 Å². The summed E-state index contributed by atoms with van der Waals surface area (Å²) in [7, 11) is 0. The Bertz CT molecular complexity index is 935. The van der Waals surface area contributed by atoms with Crippen LogP contribution in [0.2, 0.25) is 0 Å². The minimum Gasteiger partial charge on any atom is -0.387 e. The fraction of sp³-hybridized carbons (Fsp3) is 0.400. The van der Waals surface area contributed by atoms with Crippen molar-refractivity contribution in [2.45, 2.75) is 25.6 Å². The molecule has 2 aromatic heterocycles. The summed E-state index contributed by atoms with van der Waals surface area (Å²) in [5, 5.41) is 12.4. The highest BCUT2D eigenvalue weighted by Gasteiger charge is 2.28. The number of aliphatic hydroxyl groups is 1. The van der Waals surface area contributed by atoms with Crippen LogP contribution in [-0.2, 0) is 16.1 Å². The van der Waals surface area contributed by atoms with Crippen molar-refractivity contribution in [2.24, 2.45) is 5.92 Å². The average molecular weight is 403 g/mol. The van der Waals surface area contributed by atoms with Gasteiger partial charge in [-0.2, -0.15) is 0 Å². The number of nitrogens with one attached hydrogen (secondary N) is 1. The van der Waals surface area contributed by atoms with E-state index in [9.17, 15) is 14.3 Å². The van der Waals surface area contributed by atoms with E-state index in [4.69, 9.17) is 4.74 Å². The number of benzene rings is 1. The molecule has 0 spiro atoms. The smallest absolute Gasteiger partial charge is 0.248 e. The molecule has 1 aliphatic rings. The van der Waals surface area contributed by atoms with Gasteiger partial charge in [0.2, 0.25) is 5.91 Å². The number of amides is 1. The van der Waals surface area contributed by atoms with Crippen LogP contribution in [0.15, 0.2) is 35.7 Å². The first kappa shape index (κ1) is 19.0. The summed E-state index contributed by atoms with van der Waals surface area (Å²) >= 11 is 1.56. The zero-order valence-electron chi connectivity index (χ0n) is 15.3. The molecule has 1 saturated heterocycles. The second-order valence-corrected chi connectivity index (χ2v) is 8.00. The van der Waals surface area contributed by atoms with E-state index in [1.807, 2.05) is 17.5 Å². The molecule has 3 aromatic rings. The van der Waals surface area contributed by atoms with Crippen molar-refractivity contribution in [3.05, 3.63) is 52.2 Å². The van der Waals surface area contributed by atoms with Gasteiger partial charge in [0, 0.05) is 18.0 Å². The molecule has 6 nitrogen and oxygen atoms in total. The molecule has 1 amide bonds. The second-order valence-electron chi connectivity index (χ2n) is 7.02. The van der Waals surface area contributed by atoms with Crippen molar-refractivity contribution >= 4 is 28.3 Å². The van der Waals surface area contributed by atoms with Crippen LogP contribution in [0.1, 0.15) is 29.6 Å². The molecular weight excluding hydrogens is 381 g/mol. The van der Waals surface area contributed by atoms with Crippen LogP contribution >= 0.6 is 11.3 Å². The number of likely N-dealkylation sites (tertiary alicyclic amines) is 1. The Hall–Kier alpha value is -2.29. The van der Waals surface area contributed by atoms with E-state index in [0.29, 0.717) is 29.9 Å². The number of H-pyrrole nitrogens is 1. The van der Waals surface area contributed by atoms with E-state index in [1.165, 1.54) is 12.1 Å². The minimum absolute atomic E-state index is 0.0243. The number of hydrogen-bond donors (Lipinski definition) is 2. The van der Waals surface area contributed by atoms with Crippen molar-refractivity contribution in [3.63, 3.8) is 0 Å². The molecule has 0 aliphatic carbocycles. The quantitative estimate of drug-likeness (QED) is 0.662. The molecule has 3 heterocycles. The van der Waals surface area contributed by atoms with Gasteiger partial charge in [-0.1, -0.05) is 6.07 Å². The van der Waals surface area contributed by atoms with E-state index in [2.05, 4.69) is 9.97 Å². The summed E-state index contributed by atoms with van der Waals surface area (Å²) < 4.78 is 18.7. The standard InChI is InChI=1S/C20H22FN3O3S/c21-14-3-4-15-16(10-14)23-18(22-15)11-27-12-19(25)24-7-5-13(6-8-24)20(26)17-2-1-9-28-17/h1-4,9-10,13,20,26H,5-8,11-12H2,(H,22,23). The van der Waals surface area contributed by atoms with E-state index < -0.39 is 6.10 Å². The molecular formula is C20H22FN3O3S. The number of aromatic amines is 1. The predicted octanol–water partition coefficient (Wildman–Crippen LogP) is 3.25. The fourth-order valence-corrected chi connectivity index (χ4v) is 4.39. The van der Waals surface area contributed by atoms with Gasteiger partial charge in [0.25, 0.3) is 0 Å². The number of aliphatic hydroxyl groups excluding tert-OH is 1. The Balaban J connectivity index is 1.23. The third kappa shape index (κ3) is 4.24. The number of ether oxygens (including phenoxy) is 1. The number of aromatic nitrogens is 2. The Kier molecular flexibility index (Phi) is 5.70. The summed E-state index contributed by atoms with van der Waals surface area (Å²) in [6.07, 6.45) is 1.10. The second kappa shape index (κ2) is 8.38. The number of nitrogens with zero attached hydrogens (tertiary/aromatic N) is 2. The number of carbonyl (C=O) groups is 1. The summed E-state index contributed by atoms with van der Waals surface area (Å²) in [4.78, 5) is 22.5. The zero-order chi connectivity index (χ0) is 19.5. The van der Waals surface area contributed by atoms with Crippen molar-refractivity contribution in [2.75, 3.05) is 19.7 Å². The molecule has 1 fully saturated rings. The van der Waals surface area contributed by atoms with Gasteiger partial charge in [0.15, 0.2) is 0 Å². The number of imidazole rings is 1. The summed E-state index contributed by atoms with van der Waals surface area (Å²) in [5.41, 5.74) is 1.27. The third-order valence-corrected chi connectivity index (χ3v) is 6.07. The molecule has 2 N–H and O–H groups in total. The monoisotopic (exact) mass is 403 g/mol. The van der Waals surface area contributed by atoms with Gasteiger partial charge in [-0.15, -0.1) is 11.3 Å². The van der Waals surface area contributed by atoms with E-state index in [0.717, 1.165) is 17.7 Å². The Morgan fingerprint density at radius 3 is 2.96 bits per heavy atom. The van der Waals surface area contributed by atoms with Crippen LogP contribution in [0.25, 0.3) is 11.0 Å². The maximum absolute atomic E-state index is 13.2. The van der Waals surface area contributed by atoms with Crippen LogP contribution in [-0.4, -0.2) is 45.6 Å². The molecule has 148 valence electrons. The van der Waals surface area contributed by atoms with Gasteiger partial charge in [-0.3, -0.25) is 4.79 Å². The van der Waals surface area contributed by atoms with Crippen LogP contribution in [0.3, 0.4) is 0 Å². The highest BCUT2D eigenvalue weighted by atomic mass is 32.1. The van der Waals surface area contributed by atoms with Gasteiger partial charge in [-0.05, 0) is 48.4 Å². The van der Waals surface area contributed by atoms with Crippen LogP contribution in [0, 0.1) is 11.7 Å². The lowest BCUT2D eigenvalue weighted by Crippen LogP contribution is -2.41. The molecule has 28 heavy (non-hydrogen) atoms. The number of thiophene rings is 1. The van der Waals surface area contributed by atoms with Gasteiger partial charge in [-0.25, -0.2) is 9.37 Å². The highest BCUT2D eigenvalue weighted by Crippen LogP contribution is 2.32.